The van der Waals surface area contributed by atoms with Crippen LogP contribution in [0.15, 0.2) is 36.0 Å². The second-order valence-corrected chi connectivity index (χ2v) is 8.24. The Hall–Kier alpha value is -1.50. The molecule has 2 aromatic rings. The number of allylic oxidation sites excluding steroid dienone is 1. The summed E-state index contributed by atoms with van der Waals surface area (Å²) in [6.45, 7) is 4.48. The van der Waals surface area contributed by atoms with Crippen LogP contribution in [0.4, 0.5) is 5.69 Å². The van der Waals surface area contributed by atoms with Crippen LogP contribution in [0.25, 0.3) is 0 Å². The molecule has 0 unspecified atom stereocenters. The molecule has 1 fully saturated rings. The Kier molecular flexibility index (Phi) is 7.21. The molecule has 0 atom stereocenters. The van der Waals surface area contributed by atoms with E-state index >= 15 is 0 Å². The highest BCUT2D eigenvalue weighted by Crippen LogP contribution is 2.33. The average Bonchev–Trinajstić information content (AvgIpc) is 3.07. The fraction of sp³-hybridized carbons (Fsp3) is 0.421. The van der Waals surface area contributed by atoms with Crippen LogP contribution in [0.5, 0.6) is 0 Å². The molecule has 0 spiro atoms. The van der Waals surface area contributed by atoms with E-state index in [0.717, 1.165) is 23.8 Å². The van der Waals surface area contributed by atoms with Crippen LogP contribution >= 0.6 is 35.0 Å². The SMILES string of the molecule is C=CCn1c(SCC(=O)Nc2cccc(Cl)c2Cl)nnc1C1CCCCC1. The average molecular weight is 425 g/mol. The molecule has 1 aromatic heterocycles. The second-order valence-electron chi connectivity index (χ2n) is 6.51. The van der Waals surface area contributed by atoms with E-state index in [-0.39, 0.29) is 11.7 Å². The number of amides is 1. The lowest BCUT2D eigenvalue weighted by Crippen LogP contribution is -2.16. The van der Waals surface area contributed by atoms with Crippen molar-refractivity contribution in [2.45, 2.75) is 49.7 Å². The maximum absolute atomic E-state index is 12.3. The first-order valence-electron chi connectivity index (χ1n) is 9.00. The van der Waals surface area contributed by atoms with E-state index in [1.54, 1.807) is 18.2 Å². The van der Waals surface area contributed by atoms with Gasteiger partial charge in [0, 0.05) is 12.5 Å². The number of halogens is 2. The van der Waals surface area contributed by atoms with Crippen molar-refractivity contribution < 1.29 is 4.79 Å². The Labute approximate surface area is 173 Å². The van der Waals surface area contributed by atoms with Crippen LogP contribution in [0.2, 0.25) is 10.0 Å². The van der Waals surface area contributed by atoms with E-state index in [0.29, 0.717) is 28.2 Å². The minimum atomic E-state index is -0.170. The summed E-state index contributed by atoms with van der Waals surface area (Å²) in [5.74, 6) is 1.49. The summed E-state index contributed by atoms with van der Waals surface area (Å²) in [6.07, 6.45) is 7.89. The summed E-state index contributed by atoms with van der Waals surface area (Å²) in [4.78, 5) is 12.3. The zero-order chi connectivity index (χ0) is 19.2. The predicted octanol–water partition coefficient (Wildman–Crippen LogP) is 5.55. The number of nitrogens with one attached hydrogen (secondary N) is 1. The molecule has 0 saturated heterocycles. The molecule has 1 N–H and O–H groups in total. The van der Waals surface area contributed by atoms with Crippen molar-refractivity contribution in [3.05, 3.63) is 46.7 Å². The number of rotatable bonds is 7. The molecule has 5 nitrogen and oxygen atoms in total. The van der Waals surface area contributed by atoms with Gasteiger partial charge in [-0.3, -0.25) is 4.79 Å². The summed E-state index contributed by atoms with van der Waals surface area (Å²) in [6, 6.07) is 5.14. The van der Waals surface area contributed by atoms with Gasteiger partial charge < -0.3 is 9.88 Å². The molecule has 27 heavy (non-hydrogen) atoms. The van der Waals surface area contributed by atoms with Gasteiger partial charge >= 0.3 is 0 Å². The lowest BCUT2D eigenvalue weighted by Gasteiger charge is -2.21. The fourth-order valence-electron chi connectivity index (χ4n) is 3.29. The molecule has 1 amide bonds. The molecular weight excluding hydrogens is 403 g/mol. The summed E-state index contributed by atoms with van der Waals surface area (Å²) < 4.78 is 2.08. The summed E-state index contributed by atoms with van der Waals surface area (Å²) >= 11 is 13.5. The highest BCUT2D eigenvalue weighted by atomic mass is 35.5. The highest BCUT2D eigenvalue weighted by Gasteiger charge is 2.23. The van der Waals surface area contributed by atoms with Crippen LogP contribution < -0.4 is 5.32 Å². The van der Waals surface area contributed by atoms with Crippen LogP contribution in [0.3, 0.4) is 0 Å². The number of hydrogen-bond donors (Lipinski definition) is 1. The van der Waals surface area contributed by atoms with Crippen molar-refractivity contribution in [3.8, 4) is 0 Å². The number of carbonyl (C=O) groups excluding carboxylic acids is 1. The summed E-state index contributed by atoms with van der Waals surface area (Å²) in [5, 5.41) is 13.0. The van der Waals surface area contributed by atoms with Gasteiger partial charge in [-0.05, 0) is 25.0 Å². The Morgan fingerprint density at radius 3 is 2.81 bits per heavy atom. The Balaban J connectivity index is 1.66. The number of nitrogens with zero attached hydrogens (tertiary/aromatic N) is 3. The lowest BCUT2D eigenvalue weighted by molar-refractivity contribution is -0.113. The number of thioether (sulfide) groups is 1. The molecule has 1 aromatic carbocycles. The van der Waals surface area contributed by atoms with Gasteiger partial charge in [0.05, 0.1) is 21.5 Å². The molecule has 0 radical (unpaired) electrons. The number of benzene rings is 1. The van der Waals surface area contributed by atoms with Crippen LogP contribution in [-0.2, 0) is 11.3 Å². The lowest BCUT2D eigenvalue weighted by atomic mass is 9.89. The molecular formula is C19H22Cl2N4OS. The van der Waals surface area contributed by atoms with Crippen molar-refractivity contribution in [3.63, 3.8) is 0 Å². The van der Waals surface area contributed by atoms with E-state index in [1.807, 2.05) is 6.08 Å². The van der Waals surface area contributed by atoms with Crippen molar-refractivity contribution in [2.75, 3.05) is 11.1 Å². The highest BCUT2D eigenvalue weighted by molar-refractivity contribution is 7.99. The monoisotopic (exact) mass is 424 g/mol. The van der Waals surface area contributed by atoms with Crippen LogP contribution in [-0.4, -0.2) is 26.4 Å². The van der Waals surface area contributed by atoms with Crippen LogP contribution in [0.1, 0.15) is 43.8 Å². The van der Waals surface area contributed by atoms with Gasteiger partial charge in [-0.1, -0.05) is 66.4 Å². The molecule has 1 saturated carbocycles. The normalized spacial score (nSPS) is 14.9. The first kappa shape index (κ1) is 20.2. The van der Waals surface area contributed by atoms with E-state index in [4.69, 9.17) is 23.2 Å². The van der Waals surface area contributed by atoms with Gasteiger partial charge in [-0.15, -0.1) is 16.8 Å². The van der Waals surface area contributed by atoms with Gasteiger partial charge in [-0.2, -0.15) is 0 Å². The molecule has 0 bridgehead atoms. The zero-order valence-corrected chi connectivity index (χ0v) is 17.3. The molecule has 8 heteroatoms. The Morgan fingerprint density at radius 1 is 1.30 bits per heavy atom. The third-order valence-corrected chi connectivity index (χ3v) is 6.37. The number of carbonyl (C=O) groups is 1. The van der Waals surface area contributed by atoms with Crippen molar-refractivity contribution >= 4 is 46.6 Å². The standard InChI is InChI=1S/C19H22Cl2N4OS/c1-2-11-25-18(13-7-4-3-5-8-13)23-24-19(25)27-12-16(26)22-15-10-6-9-14(20)17(15)21/h2,6,9-10,13H,1,3-5,7-8,11-12H2,(H,22,26). The number of anilines is 1. The van der Waals surface area contributed by atoms with Crippen LogP contribution in [0, 0.1) is 0 Å². The second kappa shape index (κ2) is 9.62. The largest absolute Gasteiger partial charge is 0.324 e. The first-order chi connectivity index (χ1) is 13.1. The minimum absolute atomic E-state index is 0.170. The Bertz CT molecular complexity index is 818. The Morgan fingerprint density at radius 2 is 2.07 bits per heavy atom. The van der Waals surface area contributed by atoms with Gasteiger partial charge in [0.25, 0.3) is 0 Å². The first-order valence-corrected chi connectivity index (χ1v) is 10.7. The van der Waals surface area contributed by atoms with Gasteiger partial charge in [-0.25, -0.2) is 0 Å². The minimum Gasteiger partial charge on any atom is -0.324 e. The molecule has 1 aliphatic rings. The number of aromatic nitrogens is 3. The van der Waals surface area contributed by atoms with E-state index in [2.05, 4.69) is 26.7 Å². The molecule has 1 aliphatic carbocycles. The number of hydrogen-bond acceptors (Lipinski definition) is 4. The fourth-order valence-corrected chi connectivity index (χ4v) is 4.39. The van der Waals surface area contributed by atoms with Crippen molar-refractivity contribution in [2.24, 2.45) is 0 Å². The molecule has 0 aliphatic heterocycles. The summed E-state index contributed by atoms with van der Waals surface area (Å²) in [7, 11) is 0. The van der Waals surface area contributed by atoms with Crippen molar-refractivity contribution in [1.82, 2.24) is 14.8 Å². The van der Waals surface area contributed by atoms with E-state index in [9.17, 15) is 4.79 Å². The van der Waals surface area contributed by atoms with Gasteiger partial charge in [0.2, 0.25) is 5.91 Å². The molecule has 1 heterocycles. The predicted molar refractivity (Wildman–Crippen MR) is 112 cm³/mol. The maximum Gasteiger partial charge on any atom is 0.234 e. The van der Waals surface area contributed by atoms with Gasteiger partial charge in [0.15, 0.2) is 5.16 Å². The van der Waals surface area contributed by atoms with E-state index in [1.165, 1.54) is 31.0 Å². The third kappa shape index (κ3) is 5.06. The van der Waals surface area contributed by atoms with Gasteiger partial charge in [0.1, 0.15) is 5.82 Å². The molecule has 144 valence electrons. The topological polar surface area (TPSA) is 59.8 Å². The maximum atomic E-state index is 12.3. The third-order valence-electron chi connectivity index (χ3n) is 4.59. The smallest absolute Gasteiger partial charge is 0.234 e. The zero-order valence-electron chi connectivity index (χ0n) is 15.0. The van der Waals surface area contributed by atoms with Crippen molar-refractivity contribution in [1.29, 1.82) is 0 Å². The molecule has 3 rings (SSSR count). The summed E-state index contributed by atoms with van der Waals surface area (Å²) in [5.41, 5.74) is 0.505. The quantitative estimate of drug-likeness (QED) is 0.467. The van der Waals surface area contributed by atoms with E-state index < -0.39 is 0 Å².